The Labute approximate surface area is 232 Å². The molecule has 2 aromatic heterocycles. The Morgan fingerprint density at radius 2 is 1.67 bits per heavy atom. The van der Waals surface area contributed by atoms with Crippen LogP contribution in [0.3, 0.4) is 0 Å². The van der Waals surface area contributed by atoms with Gasteiger partial charge in [-0.1, -0.05) is 67.4 Å². The third-order valence-electron chi connectivity index (χ3n) is 6.40. The standard InChI is InChI=1S/C30H31ClN2O6/c1-4-5-10-26-32-28(31)25(19-38-18-22-8-6-7-9-23(22)29(34)36-2)33(26)17-20-11-13-21(14-12-20)27-24(15-16-39-27)30(35)37-3/h6-9,11-16H,4-5,10,17-19H2,1-3H3. The summed E-state index contributed by atoms with van der Waals surface area (Å²) in [6.07, 6.45) is 4.27. The molecule has 0 saturated carbocycles. The van der Waals surface area contributed by atoms with Crippen LogP contribution in [0.4, 0.5) is 0 Å². The summed E-state index contributed by atoms with van der Waals surface area (Å²) in [5, 5.41) is 0.400. The summed E-state index contributed by atoms with van der Waals surface area (Å²) in [4.78, 5) is 28.8. The topological polar surface area (TPSA) is 92.8 Å². The number of hydrogen-bond donors (Lipinski definition) is 0. The highest BCUT2D eigenvalue weighted by atomic mass is 35.5. The van der Waals surface area contributed by atoms with Gasteiger partial charge in [-0.05, 0) is 29.7 Å². The van der Waals surface area contributed by atoms with Crippen molar-refractivity contribution in [2.24, 2.45) is 0 Å². The van der Waals surface area contributed by atoms with E-state index in [2.05, 4.69) is 16.5 Å². The zero-order chi connectivity index (χ0) is 27.8. The number of rotatable bonds is 12. The van der Waals surface area contributed by atoms with Gasteiger partial charge in [-0.3, -0.25) is 0 Å². The monoisotopic (exact) mass is 550 g/mol. The normalized spacial score (nSPS) is 11.0. The van der Waals surface area contributed by atoms with E-state index in [9.17, 15) is 9.59 Å². The van der Waals surface area contributed by atoms with E-state index in [1.165, 1.54) is 20.5 Å². The molecule has 0 atom stereocenters. The predicted molar refractivity (Wildman–Crippen MR) is 147 cm³/mol. The number of furan rings is 1. The molecule has 0 saturated heterocycles. The van der Waals surface area contributed by atoms with Gasteiger partial charge in [0.05, 0.1) is 45.0 Å². The van der Waals surface area contributed by atoms with Gasteiger partial charge in [-0.25, -0.2) is 14.6 Å². The Bertz CT molecular complexity index is 1420. The molecule has 4 rings (SSSR count). The average Bonchev–Trinajstić information content (AvgIpc) is 3.57. The van der Waals surface area contributed by atoms with E-state index in [1.54, 1.807) is 18.2 Å². The Hall–Kier alpha value is -3.88. The second-order valence-electron chi connectivity index (χ2n) is 8.95. The van der Waals surface area contributed by atoms with Gasteiger partial charge < -0.3 is 23.2 Å². The molecule has 4 aromatic rings. The van der Waals surface area contributed by atoms with Crippen LogP contribution in [0, 0.1) is 0 Å². The first-order chi connectivity index (χ1) is 19.0. The van der Waals surface area contributed by atoms with Crippen molar-refractivity contribution in [3.63, 3.8) is 0 Å². The second-order valence-corrected chi connectivity index (χ2v) is 9.31. The number of carbonyl (C=O) groups is 2. The van der Waals surface area contributed by atoms with Gasteiger partial charge in [-0.15, -0.1) is 0 Å². The summed E-state index contributed by atoms with van der Waals surface area (Å²) in [6, 6.07) is 16.6. The zero-order valence-corrected chi connectivity index (χ0v) is 23.0. The number of aromatic nitrogens is 2. The minimum Gasteiger partial charge on any atom is -0.465 e. The number of halogens is 1. The predicted octanol–water partition coefficient (Wildman–Crippen LogP) is 6.48. The third kappa shape index (κ3) is 6.58. The number of ether oxygens (including phenoxy) is 3. The maximum atomic E-state index is 12.1. The average molecular weight is 551 g/mol. The van der Waals surface area contributed by atoms with E-state index >= 15 is 0 Å². The highest BCUT2D eigenvalue weighted by Gasteiger charge is 2.19. The molecule has 0 bridgehead atoms. The number of methoxy groups -OCH3 is 2. The van der Waals surface area contributed by atoms with Crippen LogP contribution in [-0.2, 0) is 40.4 Å². The van der Waals surface area contributed by atoms with Crippen LogP contribution >= 0.6 is 11.6 Å². The fraction of sp³-hybridized carbons (Fsp3) is 0.300. The van der Waals surface area contributed by atoms with Crippen molar-refractivity contribution in [3.8, 4) is 11.3 Å². The Morgan fingerprint density at radius 1 is 0.949 bits per heavy atom. The molecule has 0 amide bonds. The molecule has 0 N–H and O–H groups in total. The largest absolute Gasteiger partial charge is 0.465 e. The molecule has 2 heterocycles. The number of imidazole rings is 1. The van der Waals surface area contributed by atoms with Crippen LogP contribution in [0.2, 0.25) is 5.15 Å². The third-order valence-corrected chi connectivity index (χ3v) is 6.71. The number of nitrogens with zero attached hydrogens (tertiary/aromatic N) is 2. The van der Waals surface area contributed by atoms with Crippen LogP contribution in [0.25, 0.3) is 11.3 Å². The van der Waals surface area contributed by atoms with Crippen LogP contribution in [0.5, 0.6) is 0 Å². The molecule has 0 aliphatic carbocycles. The Morgan fingerprint density at radius 3 is 2.38 bits per heavy atom. The van der Waals surface area contributed by atoms with Crippen molar-refractivity contribution in [2.45, 2.75) is 45.9 Å². The van der Waals surface area contributed by atoms with E-state index in [1.807, 2.05) is 36.4 Å². The molecule has 2 aromatic carbocycles. The Balaban J connectivity index is 1.54. The zero-order valence-electron chi connectivity index (χ0n) is 22.2. The molecule has 0 fully saturated rings. The SMILES string of the molecule is CCCCc1nc(Cl)c(COCc2ccccc2C(=O)OC)n1Cc1ccc(-c2occc2C(=O)OC)cc1. The first-order valence-electron chi connectivity index (χ1n) is 12.7. The van der Waals surface area contributed by atoms with Gasteiger partial charge in [0, 0.05) is 18.5 Å². The van der Waals surface area contributed by atoms with Crippen LogP contribution in [0.1, 0.15) is 63.1 Å². The summed E-state index contributed by atoms with van der Waals surface area (Å²) in [5.41, 5.74) is 4.14. The van der Waals surface area contributed by atoms with Crippen molar-refractivity contribution in [1.29, 1.82) is 0 Å². The number of carbonyl (C=O) groups excluding carboxylic acids is 2. The summed E-state index contributed by atoms with van der Waals surface area (Å²) in [5.74, 6) is 0.494. The minimum atomic E-state index is -0.449. The number of benzene rings is 2. The smallest absolute Gasteiger partial charge is 0.341 e. The fourth-order valence-electron chi connectivity index (χ4n) is 4.32. The van der Waals surface area contributed by atoms with Crippen molar-refractivity contribution < 1.29 is 28.2 Å². The first-order valence-corrected chi connectivity index (χ1v) is 13.1. The molecule has 0 spiro atoms. The lowest BCUT2D eigenvalue weighted by atomic mass is 10.1. The van der Waals surface area contributed by atoms with Gasteiger partial charge in [0.2, 0.25) is 0 Å². The van der Waals surface area contributed by atoms with Crippen LogP contribution in [0.15, 0.2) is 65.3 Å². The van der Waals surface area contributed by atoms with Crippen LogP contribution in [-0.4, -0.2) is 35.7 Å². The highest BCUT2D eigenvalue weighted by molar-refractivity contribution is 6.30. The first kappa shape index (κ1) is 28.1. The second kappa shape index (κ2) is 13.3. The van der Waals surface area contributed by atoms with Gasteiger partial charge in [-0.2, -0.15) is 0 Å². The molecule has 8 nitrogen and oxygen atoms in total. The van der Waals surface area contributed by atoms with Crippen molar-refractivity contribution in [1.82, 2.24) is 9.55 Å². The summed E-state index contributed by atoms with van der Waals surface area (Å²) < 4.78 is 23.4. The van der Waals surface area contributed by atoms with E-state index in [0.29, 0.717) is 28.6 Å². The fourth-order valence-corrected chi connectivity index (χ4v) is 4.57. The van der Waals surface area contributed by atoms with Crippen molar-refractivity contribution in [3.05, 3.63) is 99.8 Å². The molecular weight excluding hydrogens is 520 g/mol. The van der Waals surface area contributed by atoms with E-state index in [0.717, 1.165) is 47.5 Å². The summed E-state index contributed by atoms with van der Waals surface area (Å²) in [7, 11) is 2.70. The van der Waals surface area contributed by atoms with E-state index in [4.69, 9.17) is 30.2 Å². The maximum Gasteiger partial charge on any atom is 0.341 e. The van der Waals surface area contributed by atoms with Crippen molar-refractivity contribution >= 4 is 23.5 Å². The maximum absolute atomic E-state index is 12.1. The molecule has 39 heavy (non-hydrogen) atoms. The van der Waals surface area contributed by atoms with Gasteiger partial charge in [0.1, 0.15) is 17.1 Å². The quantitative estimate of drug-likeness (QED) is 0.186. The Kier molecular flexibility index (Phi) is 9.57. The lowest BCUT2D eigenvalue weighted by molar-refractivity contribution is 0.0584. The number of aryl methyl sites for hydroxylation is 1. The molecule has 0 aliphatic heterocycles. The van der Waals surface area contributed by atoms with Crippen LogP contribution < -0.4 is 0 Å². The number of esters is 2. The minimum absolute atomic E-state index is 0.220. The van der Waals surface area contributed by atoms with Gasteiger partial charge >= 0.3 is 11.9 Å². The van der Waals surface area contributed by atoms with Gasteiger partial charge in [0.25, 0.3) is 0 Å². The van der Waals surface area contributed by atoms with Crippen molar-refractivity contribution in [2.75, 3.05) is 14.2 Å². The molecule has 0 aliphatic rings. The van der Waals surface area contributed by atoms with E-state index in [-0.39, 0.29) is 13.2 Å². The molecular formula is C30H31ClN2O6. The lowest BCUT2D eigenvalue weighted by Crippen LogP contribution is -2.11. The number of unbranched alkanes of at least 4 members (excludes halogenated alkanes) is 1. The summed E-state index contributed by atoms with van der Waals surface area (Å²) in [6.45, 7) is 3.12. The lowest BCUT2D eigenvalue weighted by Gasteiger charge is -2.14. The molecule has 0 unspecified atom stereocenters. The molecule has 9 heteroatoms. The van der Waals surface area contributed by atoms with Gasteiger partial charge in [0.15, 0.2) is 5.15 Å². The molecule has 204 valence electrons. The molecule has 0 radical (unpaired) electrons. The highest BCUT2D eigenvalue weighted by Crippen LogP contribution is 2.27. The summed E-state index contributed by atoms with van der Waals surface area (Å²) >= 11 is 6.59. The van der Waals surface area contributed by atoms with E-state index < -0.39 is 11.9 Å². The number of hydrogen-bond acceptors (Lipinski definition) is 7.